The lowest BCUT2D eigenvalue weighted by Gasteiger charge is -2.10. The molecule has 0 aromatic carbocycles. The van der Waals surface area contributed by atoms with Gasteiger partial charge in [0.1, 0.15) is 5.65 Å². The van der Waals surface area contributed by atoms with Crippen LogP contribution in [0.3, 0.4) is 0 Å². The molecule has 1 unspecified atom stereocenters. The van der Waals surface area contributed by atoms with E-state index in [-0.39, 0.29) is 0 Å². The topological polar surface area (TPSA) is 17.3 Å². The number of hydrogen-bond acceptors (Lipinski definition) is 1. The maximum atomic E-state index is 4.50. The van der Waals surface area contributed by atoms with E-state index in [0.717, 1.165) is 11.3 Å². The van der Waals surface area contributed by atoms with Gasteiger partial charge in [-0.1, -0.05) is 19.9 Å². The number of aromatic nitrogens is 2. The quantitative estimate of drug-likeness (QED) is 0.729. The van der Waals surface area contributed by atoms with E-state index in [4.69, 9.17) is 0 Å². The molecule has 2 aromatic heterocycles. The van der Waals surface area contributed by atoms with Crippen LogP contribution in [0.25, 0.3) is 5.65 Å². The molecule has 0 saturated heterocycles. The molecule has 2 aromatic rings. The van der Waals surface area contributed by atoms with Crippen LogP contribution in [-0.2, 0) is 0 Å². The molecule has 15 heavy (non-hydrogen) atoms. The summed E-state index contributed by atoms with van der Waals surface area (Å²) in [4.78, 5) is 4.50. The highest BCUT2D eigenvalue weighted by molar-refractivity contribution is 5.49. The van der Waals surface area contributed by atoms with Crippen molar-refractivity contribution in [1.29, 1.82) is 0 Å². The lowest BCUT2D eigenvalue weighted by molar-refractivity contribution is 0.727. The Labute approximate surface area is 91.0 Å². The minimum atomic E-state index is 0.621. The van der Waals surface area contributed by atoms with E-state index >= 15 is 0 Å². The zero-order chi connectivity index (χ0) is 11.0. The normalized spacial score (nSPS) is 13.3. The van der Waals surface area contributed by atoms with Crippen LogP contribution in [0, 0.1) is 13.8 Å². The zero-order valence-electron chi connectivity index (χ0n) is 9.91. The van der Waals surface area contributed by atoms with Crippen molar-refractivity contribution >= 4 is 5.65 Å². The molecule has 0 fully saturated rings. The molecule has 0 bridgehead atoms. The smallest absolute Gasteiger partial charge is 0.139 e. The Bertz CT molecular complexity index is 482. The van der Waals surface area contributed by atoms with Crippen molar-refractivity contribution in [1.82, 2.24) is 9.38 Å². The molecule has 2 rings (SSSR count). The predicted molar refractivity (Wildman–Crippen MR) is 63.4 cm³/mol. The van der Waals surface area contributed by atoms with Crippen LogP contribution >= 0.6 is 0 Å². The van der Waals surface area contributed by atoms with Gasteiger partial charge in [-0.15, -0.1) is 0 Å². The Balaban J connectivity index is 2.61. The largest absolute Gasteiger partial charge is 0.306 e. The van der Waals surface area contributed by atoms with Crippen LogP contribution in [0.2, 0.25) is 0 Å². The second kappa shape index (κ2) is 3.69. The van der Waals surface area contributed by atoms with E-state index in [9.17, 15) is 0 Å². The molecule has 80 valence electrons. The number of hydrogen-bond donors (Lipinski definition) is 0. The molecule has 0 spiro atoms. The minimum absolute atomic E-state index is 0.621. The van der Waals surface area contributed by atoms with E-state index in [1.54, 1.807) is 0 Å². The van der Waals surface area contributed by atoms with Gasteiger partial charge in [0.2, 0.25) is 0 Å². The summed E-state index contributed by atoms with van der Waals surface area (Å²) >= 11 is 0. The Morgan fingerprint density at radius 3 is 2.73 bits per heavy atom. The monoisotopic (exact) mass is 202 g/mol. The van der Waals surface area contributed by atoms with Gasteiger partial charge in [0, 0.05) is 12.4 Å². The van der Waals surface area contributed by atoms with Gasteiger partial charge >= 0.3 is 0 Å². The number of imidazole rings is 1. The second-order valence-corrected chi connectivity index (χ2v) is 4.38. The fourth-order valence-electron chi connectivity index (χ4n) is 1.92. The molecular weight excluding hydrogens is 184 g/mol. The number of aryl methyl sites for hydroxylation is 2. The molecular formula is C13H18N2. The van der Waals surface area contributed by atoms with Gasteiger partial charge in [-0.3, -0.25) is 0 Å². The summed E-state index contributed by atoms with van der Waals surface area (Å²) in [6.07, 6.45) is 5.48. The third kappa shape index (κ3) is 1.76. The first kappa shape index (κ1) is 10.2. The van der Waals surface area contributed by atoms with Crippen LogP contribution < -0.4 is 0 Å². The summed E-state index contributed by atoms with van der Waals surface area (Å²) in [5.41, 5.74) is 4.83. The average molecular weight is 202 g/mol. The summed E-state index contributed by atoms with van der Waals surface area (Å²) in [6, 6.07) is 2.26. The molecule has 0 aliphatic heterocycles. The van der Waals surface area contributed by atoms with Crippen molar-refractivity contribution in [3.05, 3.63) is 35.3 Å². The first-order valence-electron chi connectivity index (χ1n) is 5.57. The summed E-state index contributed by atoms with van der Waals surface area (Å²) in [5.74, 6) is 0.621. The van der Waals surface area contributed by atoms with E-state index in [1.165, 1.54) is 17.5 Å². The van der Waals surface area contributed by atoms with Gasteiger partial charge in [0.15, 0.2) is 0 Å². The van der Waals surface area contributed by atoms with Crippen LogP contribution in [-0.4, -0.2) is 9.38 Å². The summed E-state index contributed by atoms with van der Waals surface area (Å²) in [7, 11) is 0. The van der Waals surface area contributed by atoms with Crippen molar-refractivity contribution in [3.8, 4) is 0 Å². The highest BCUT2D eigenvalue weighted by Gasteiger charge is 2.07. The third-order valence-electron chi connectivity index (χ3n) is 3.06. The lowest BCUT2D eigenvalue weighted by atomic mass is 9.99. The standard InChI is InChI=1S/C13H18N2/c1-5-9(2)12-6-10(3)13-14-11(4)7-15(13)8-12/h6-9H,5H2,1-4H3. The van der Waals surface area contributed by atoms with Gasteiger partial charge in [-0.2, -0.15) is 0 Å². The lowest BCUT2D eigenvalue weighted by Crippen LogP contribution is -1.96. The molecule has 0 N–H and O–H groups in total. The second-order valence-electron chi connectivity index (χ2n) is 4.38. The number of pyridine rings is 1. The van der Waals surface area contributed by atoms with Gasteiger partial charge < -0.3 is 4.40 Å². The summed E-state index contributed by atoms with van der Waals surface area (Å²) in [6.45, 7) is 8.66. The maximum Gasteiger partial charge on any atom is 0.139 e. The fraction of sp³-hybridized carbons (Fsp3) is 0.462. The molecule has 0 amide bonds. The fourth-order valence-corrected chi connectivity index (χ4v) is 1.92. The molecule has 1 atom stereocenters. The van der Waals surface area contributed by atoms with Gasteiger partial charge in [-0.05, 0) is 37.3 Å². The predicted octanol–water partition coefficient (Wildman–Crippen LogP) is 3.46. The first-order chi connectivity index (χ1) is 7.11. The van der Waals surface area contributed by atoms with Crippen molar-refractivity contribution in [2.75, 3.05) is 0 Å². The van der Waals surface area contributed by atoms with E-state index in [1.807, 2.05) is 6.92 Å². The summed E-state index contributed by atoms with van der Waals surface area (Å²) in [5, 5.41) is 0. The van der Waals surface area contributed by atoms with Crippen LogP contribution in [0.5, 0.6) is 0 Å². The first-order valence-corrected chi connectivity index (χ1v) is 5.57. The SMILES string of the molecule is CCC(C)c1cc(C)c2nc(C)cn2c1. The molecule has 2 heterocycles. The van der Waals surface area contributed by atoms with E-state index in [0.29, 0.717) is 5.92 Å². The Morgan fingerprint density at radius 2 is 2.07 bits per heavy atom. The van der Waals surface area contributed by atoms with Crippen LogP contribution in [0.1, 0.15) is 43.0 Å². The summed E-state index contributed by atoms with van der Waals surface area (Å²) < 4.78 is 2.14. The van der Waals surface area contributed by atoms with Crippen LogP contribution in [0.15, 0.2) is 18.5 Å². The average Bonchev–Trinajstić information content (AvgIpc) is 2.58. The number of nitrogens with zero attached hydrogens (tertiary/aromatic N) is 2. The highest BCUT2D eigenvalue weighted by atomic mass is 15.0. The van der Waals surface area contributed by atoms with Gasteiger partial charge in [0.05, 0.1) is 5.69 Å². The van der Waals surface area contributed by atoms with Gasteiger partial charge in [0.25, 0.3) is 0 Å². The Hall–Kier alpha value is -1.31. The Kier molecular flexibility index (Phi) is 2.51. The molecule has 2 heteroatoms. The van der Waals surface area contributed by atoms with Crippen LogP contribution in [0.4, 0.5) is 0 Å². The maximum absolute atomic E-state index is 4.50. The van der Waals surface area contributed by atoms with E-state index in [2.05, 4.69) is 48.6 Å². The van der Waals surface area contributed by atoms with Crippen molar-refractivity contribution < 1.29 is 0 Å². The third-order valence-corrected chi connectivity index (χ3v) is 3.06. The molecule has 0 saturated carbocycles. The highest BCUT2D eigenvalue weighted by Crippen LogP contribution is 2.21. The zero-order valence-corrected chi connectivity index (χ0v) is 9.91. The number of fused-ring (bicyclic) bond motifs is 1. The van der Waals surface area contributed by atoms with Crippen molar-refractivity contribution in [3.63, 3.8) is 0 Å². The molecule has 2 nitrogen and oxygen atoms in total. The van der Waals surface area contributed by atoms with Crippen molar-refractivity contribution in [2.45, 2.75) is 40.0 Å². The molecule has 0 aliphatic rings. The van der Waals surface area contributed by atoms with Gasteiger partial charge in [-0.25, -0.2) is 4.98 Å². The minimum Gasteiger partial charge on any atom is -0.306 e. The molecule has 0 aliphatic carbocycles. The Morgan fingerprint density at radius 1 is 1.33 bits per heavy atom. The van der Waals surface area contributed by atoms with E-state index < -0.39 is 0 Å². The van der Waals surface area contributed by atoms with Crippen molar-refractivity contribution in [2.24, 2.45) is 0 Å². The molecule has 0 radical (unpaired) electrons. The number of rotatable bonds is 2.